The molecule has 2 unspecified atom stereocenters. The fourth-order valence-electron chi connectivity index (χ4n) is 2.97. The van der Waals surface area contributed by atoms with Crippen LogP contribution in [0.4, 0.5) is 0 Å². The van der Waals surface area contributed by atoms with Crippen LogP contribution in [0.2, 0.25) is 10.0 Å². The van der Waals surface area contributed by atoms with Crippen LogP contribution in [0.5, 0.6) is 0 Å². The molecular weight excluding hydrogens is 357 g/mol. The van der Waals surface area contributed by atoms with Crippen LogP contribution >= 0.6 is 43.1 Å². The summed E-state index contributed by atoms with van der Waals surface area (Å²) in [6.45, 7) is 2.22. The van der Waals surface area contributed by atoms with Crippen molar-refractivity contribution in [3.05, 3.63) is 40.9 Å². The van der Waals surface area contributed by atoms with Crippen molar-refractivity contribution in [2.24, 2.45) is 0 Å². The molecule has 0 saturated carbocycles. The highest BCUT2D eigenvalue weighted by Gasteiger charge is 2.39. The van der Waals surface area contributed by atoms with E-state index in [9.17, 15) is 0 Å². The largest absolute Gasteiger partial charge is 0.240 e. The average Bonchev–Trinajstić information content (AvgIpc) is 3.03. The number of rotatable bonds is 4. The van der Waals surface area contributed by atoms with E-state index in [4.69, 9.17) is 23.2 Å². The fourth-order valence-corrected chi connectivity index (χ4v) is 12.0. The number of benzene rings is 1. The molecule has 0 N–H and O–H groups in total. The highest BCUT2D eigenvalue weighted by atomic mass is 35.5. The SMILES string of the molecule is CCC(n1cncn1)S1(c2ccc(Cl)cc2Cl)CCCCS1. The van der Waals surface area contributed by atoms with Crippen LogP contribution in [0.1, 0.15) is 31.6 Å². The van der Waals surface area contributed by atoms with Crippen LogP contribution in [0.3, 0.4) is 0 Å². The Labute approximate surface area is 146 Å². The zero-order chi connectivity index (χ0) is 15.6. The molecule has 120 valence electrons. The number of hydrogen-bond acceptors (Lipinski definition) is 3. The Bertz CT molecular complexity index is 628. The van der Waals surface area contributed by atoms with Crippen LogP contribution in [-0.4, -0.2) is 26.3 Å². The van der Waals surface area contributed by atoms with E-state index >= 15 is 0 Å². The van der Waals surface area contributed by atoms with Crippen molar-refractivity contribution < 1.29 is 0 Å². The normalized spacial score (nSPS) is 26.3. The maximum Gasteiger partial charge on any atom is 0.137 e. The molecule has 0 spiro atoms. The number of nitrogens with zero attached hydrogens (tertiary/aromatic N) is 3. The third kappa shape index (κ3) is 3.01. The zero-order valence-electron chi connectivity index (χ0n) is 12.4. The summed E-state index contributed by atoms with van der Waals surface area (Å²) in [4.78, 5) is 5.40. The molecule has 1 aliphatic heterocycles. The molecule has 7 heteroatoms. The van der Waals surface area contributed by atoms with Gasteiger partial charge in [0.15, 0.2) is 0 Å². The predicted octanol–water partition coefficient (Wildman–Crippen LogP) is 5.80. The molecule has 3 nitrogen and oxygen atoms in total. The van der Waals surface area contributed by atoms with E-state index in [-0.39, 0.29) is 0 Å². The Morgan fingerprint density at radius 1 is 1.36 bits per heavy atom. The molecule has 2 heterocycles. The summed E-state index contributed by atoms with van der Waals surface area (Å²) < 4.78 is 2.03. The Morgan fingerprint density at radius 2 is 2.23 bits per heavy atom. The van der Waals surface area contributed by atoms with Gasteiger partial charge >= 0.3 is 0 Å². The van der Waals surface area contributed by atoms with Crippen LogP contribution in [0, 0.1) is 0 Å². The molecule has 22 heavy (non-hydrogen) atoms. The Hall–Kier alpha value is -0.360. The third-order valence-electron chi connectivity index (χ3n) is 3.92. The fraction of sp³-hybridized carbons (Fsp3) is 0.467. The van der Waals surface area contributed by atoms with Crippen molar-refractivity contribution in [3.8, 4) is 0 Å². The molecule has 1 aliphatic rings. The van der Waals surface area contributed by atoms with Gasteiger partial charge in [-0.25, -0.2) is 9.67 Å². The van der Waals surface area contributed by atoms with E-state index in [1.807, 2.05) is 23.1 Å². The maximum absolute atomic E-state index is 6.59. The molecule has 1 saturated heterocycles. The van der Waals surface area contributed by atoms with Crippen molar-refractivity contribution in [2.75, 3.05) is 11.5 Å². The molecule has 0 bridgehead atoms. The lowest BCUT2D eigenvalue weighted by Crippen LogP contribution is -2.21. The van der Waals surface area contributed by atoms with Gasteiger partial charge in [0.2, 0.25) is 0 Å². The first-order valence-electron chi connectivity index (χ1n) is 7.41. The van der Waals surface area contributed by atoms with Gasteiger partial charge in [-0.2, -0.15) is 5.10 Å². The smallest absolute Gasteiger partial charge is 0.137 e. The Morgan fingerprint density at radius 3 is 2.82 bits per heavy atom. The molecule has 0 amide bonds. The predicted molar refractivity (Wildman–Crippen MR) is 98.2 cm³/mol. The van der Waals surface area contributed by atoms with E-state index in [1.54, 1.807) is 6.33 Å². The van der Waals surface area contributed by atoms with Gasteiger partial charge in [0.05, 0.1) is 10.4 Å². The number of hydrogen-bond donors (Lipinski definition) is 0. The van der Waals surface area contributed by atoms with Crippen LogP contribution in [0.15, 0.2) is 35.7 Å². The molecule has 3 rings (SSSR count). The lowest BCUT2D eigenvalue weighted by atomic mass is 10.4. The van der Waals surface area contributed by atoms with Crippen LogP contribution in [0.25, 0.3) is 0 Å². The van der Waals surface area contributed by atoms with E-state index in [0.717, 1.165) is 11.4 Å². The minimum Gasteiger partial charge on any atom is -0.240 e. The van der Waals surface area contributed by atoms with Crippen molar-refractivity contribution in [2.45, 2.75) is 36.5 Å². The first-order valence-corrected chi connectivity index (χ1v) is 11.5. The summed E-state index contributed by atoms with van der Waals surface area (Å²) in [6.07, 6.45) is 6.99. The van der Waals surface area contributed by atoms with E-state index in [1.165, 1.54) is 29.2 Å². The summed E-state index contributed by atoms with van der Waals surface area (Å²) >= 11 is 12.7. The minimum atomic E-state index is -1.15. The molecule has 1 fully saturated rings. The highest BCUT2D eigenvalue weighted by Crippen LogP contribution is 2.76. The van der Waals surface area contributed by atoms with Crippen molar-refractivity contribution >= 4 is 43.1 Å². The molecule has 2 aromatic rings. The quantitative estimate of drug-likeness (QED) is 0.632. The first-order chi connectivity index (χ1) is 10.7. The van der Waals surface area contributed by atoms with Gasteiger partial charge in [-0.3, -0.25) is 0 Å². The Balaban J connectivity index is 2.11. The summed E-state index contributed by atoms with van der Waals surface area (Å²) in [5.74, 6) is 2.36. The minimum absolute atomic E-state index is 0.318. The standard InChI is InChI=1S/C15H19Cl2N3S2/c1-2-15(20-11-18-10-19-20)22(8-4-3-7-21-22)14-6-5-12(16)9-13(14)17/h5-6,9-11,15H,2-4,7-8H2,1H3. The van der Waals surface area contributed by atoms with Crippen molar-refractivity contribution in [1.29, 1.82) is 0 Å². The molecule has 0 radical (unpaired) electrons. The zero-order valence-corrected chi connectivity index (χ0v) is 15.6. The number of halogens is 2. The molecule has 1 aromatic heterocycles. The van der Waals surface area contributed by atoms with Gasteiger partial charge < -0.3 is 0 Å². The number of aromatic nitrogens is 3. The van der Waals surface area contributed by atoms with E-state index < -0.39 is 9.06 Å². The second-order valence-corrected chi connectivity index (χ2v) is 12.1. The van der Waals surface area contributed by atoms with Gasteiger partial charge in [0, 0.05) is 15.7 Å². The second-order valence-electron chi connectivity index (χ2n) is 5.27. The summed E-state index contributed by atoms with van der Waals surface area (Å²) in [7, 11) is 0.931. The van der Waals surface area contributed by atoms with Gasteiger partial charge in [-0.15, -0.1) is 19.9 Å². The summed E-state index contributed by atoms with van der Waals surface area (Å²) in [5, 5.41) is 6.22. The average molecular weight is 376 g/mol. The summed E-state index contributed by atoms with van der Waals surface area (Å²) in [5.41, 5.74) is 0. The third-order valence-corrected chi connectivity index (χ3v) is 12.3. The maximum atomic E-state index is 6.59. The first kappa shape index (κ1) is 16.5. The Kier molecular flexibility index (Phi) is 5.28. The van der Waals surface area contributed by atoms with Crippen LogP contribution in [-0.2, 0) is 0 Å². The monoisotopic (exact) mass is 375 g/mol. The van der Waals surface area contributed by atoms with Gasteiger partial charge in [0.25, 0.3) is 0 Å². The summed E-state index contributed by atoms with van der Waals surface area (Å²) in [6, 6.07) is 5.95. The van der Waals surface area contributed by atoms with Gasteiger partial charge in [0.1, 0.15) is 12.7 Å². The highest BCUT2D eigenvalue weighted by molar-refractivity contribution is 8.94. The lowest BCUT2D eigenvalue weighted by molar-refractivity contribution is 0.576. The molecule has 2 atom stereocenters. The van der Waals surface area contributed by atoms with Gasteiger partial charge in [-0.1, -0.05) is 30.1 Å². The topological polar surface area (TPSA) is 30.7 Å². The van der Waals surface area contributed by atoms with Crippen molar-refractivity contribution in [3.63, 3.8) is 0 Å². The molecule has 0 aliphatic carbocycles. The van der Waals surface area contributed by atoms with Crippen LogP contribution < -0.4 is 0 Å². The van der Waals surface area contributed by atoms with Gasteiger partial charge in [-0.05, 0) is 43.2 Å². The lowest BCUT2D eigenvalue weighted by Gasteiger charge is -2.48. The second kappa shape index (κ2) is 7.04. The molecular formula is C15H19Cl2N3S2. The van der Waals surface area contributed by atoms with Crippen molar-refractivity contribution in [1.82, 2.24) is 14.8 Å². The molecule has 1 aromatic carbocycles. The van der Waals surface area contributed by atoms with E-state index in [2.05, 4.69) is 33.9 Å². The van der Waals surface area contributed by atoms with E-state index in [0.29, 0.717) is 10.4 Å².